The number of unbranched alkanes of at least 4 members (excludes halogenated alkanes) is 4. The van der Waals surface area contributed by atoms with Gasteiger partial charge in [-0.25, -0.2) is 0 Å². The second-order valence-corrected chi connectivity index (χ2v) is 6.80. The summed E-state index contributed by atoms with van der Waals surface area (Å²) in [5.41, 5.74) is 7.39. The van der Waals surface area contributed by atoms with E-state index in [1.54, 1.807) is 12.1 Å². The summed E-state index contributed by atoms with van der Waals surface area (Å²) in [6, 6.07) is 4.32. The minimum Gasteiger partial charge on any atom is -0.481 e. The van der Waals surface area contributed by atoms with Crippen molar-refractivity contribution in [1.82, 2.24) is 4.90 Å². The van der Waals surface area contributed by atoms with Crippen molar-refractivity contribution in [3.8, 4) is 11.8 Å². The highest BCUT2D eigenvalue weighted by molar-refractivity contribution is 6.01. The number of carbonyl (C=O) groups excluding carboxylic acids is 2. The van der Waals surface area contributed by atoms with Gasteiger partial charge in [-0.1, -0.05) is 30.7 Å². The summed E-state index contributed by atoms with van der Waals surface area (Å²) >= 11 is 0. The van der Waals surface area contributed by atoms with Crippen LogP contribution in [-0.2, 0) is 16.1 Å². The van der Waals surface area contributed by atoms with Gasteiger partial charge in [-0.15, -0.1) is 0 Å². The van der Waals surface area contributed by atoms with Crippen molar-refractivity contribution in [2.75, 3.05) is 6.61 Å². The second-order valence-electron chi connectivity index (χ2n) is 6.80. The molecule has 1 unspecified atom stereocenters. The average molecular weight is 386 g/mol. The highest BCUT2D eigenvalue weighted by atomic mass is 16.4. The lowest BCUT2D eigenvalue weighted by atomic mass is 10.0. The Morgan fingerprint density at radius 2 is 1.96 bits per heavy atom. The quantitative estimate of drug-likeness (QED) is 0.417. The number of nitrogens with zero attached hydrogens (tertiary/aromatic N) is 1. The predicted octanol–water partition coefficient (Wildman–Crippen LogP) is 1.66. The van der Waals surface area contributed by atoms with Gasteiger partial charge in [0, 0.05) is 37.1 Å². The van der Waals surface area contributed by atoms with Gasteiger partial charge < -0.3 is 20.8 Å². The smallest absolute Gasteiger partial charge is 0.303 e. The molecule has 2 rings (SSSR count). The zero-order valence-electron chi connectivity index (χ0n) is 15.8. The molecule has 1 aliphatic rings. The summed E-state index contributed by atoms with van der Waals surface area (Å²) in [6.07, 6.45) is 4.23. The number of aliphatic hydroxyl groups is 1. The van der Waals surface area contributed by atoms with E-state index in [1.165, 1.54) is 4.90 Å². The number of carboxylic acids is 1. The van der Waals surface area contributed by atoms with Crippen molar-refractivity contribution >= 4 is 17.8 Å². The Morgan fingerprint density at radius 1 is 1.21 bits per heavy atom. The lowest BCUT2D eigenvalue weighted by molar-refractivity contribution is -0.137. The number of hydrogen-bond acceptors (Lipinski definition) is 4. The van der Waals surface area contributed by atoms with Gasteiger partial charge in [-0.3, -0.25) is 14.4 Å². The molecule has 7 nitrogen and oxygen atoms in total. The van der Waals surface area contributed by atoms with Crippen molar-refractivity contribution < 1.29 is 24.6 Å². The number of carboxylic acid groups (broad SMARTS) is 1. The minimum absolute atomic E-state index is 0.0146. The van der Waals surface area contributed by atoms with Crippen LogP contribution in [0.5, 0.6) is 0 Å². The third kappa shape index (κ3) is 5.57. The summed E-state index contributed by atoms with van der Waals surface area (Å²) in [5, 5.41) is 17.6. The maximum absolute atomic E-state index is 12.7. The molecule has 0 saturated carbocycles. The molecule has 1 atom stereocenters. The zero-order valence-corrected chi connectivity index (χ0v) is 15.8. The van der Waals surface area contributed by atoms with Crippen LogP contribution in [0.15, 0.2) is 18.2 Å². The molecule has 1 aromatic rings. The Labute approximate surface area is 164 Å². The Bertz CT molecular complexity index is 794. The van der Waals surface area contributed by atoms with Crippen LogP contribution < -0.4 is 5.73 Å². The first-order valence-corrected chi connectivity index (χ1v) is 9.49. The molecule has 7 heteroatoms. The molecular weight excluding hydrogens is 360 g/mol. The standard InChI is InChI=1S/C21H26N2O5/c22-20(27)18(11-12-19(25)26)23-14-17-15(9-7-10-16(17)21(23)28)8-5-3-1-2-4-6-13-24/h7,9-10,18,24H,1-4,6,11-14H2,(H2,22,27)(H,25,26). The summed E-state index contributed by atoms with van der Waals surface area (Å²) in [5.74, 6) is 4.15. The Kier molecular flexibility index (Phi) is 8.02. The molecule has 0 bridgehead atoms. The van der Waals surface area contributed by atoms with E-state index in [4.69, 9.17) is 15.9 Å². The van der Waals surface area contributed by atoms with Crippen molar-refractivity contribution in [2.45, 2.75) is 57.5 Å². The van der Waals surface area contributed by atoms with Crippen LogP contribution in [0, 0.1) is 11.8 Å². The van der Waals surface area contributed by atoms with Gasteiger partial charge in [-0.2, -0.15) is 0 Å². The van der Waals surface area contributed by atoms with Crippen LogP contribution in [0.4, 0.5) is 0 Å². The fraction of sp³-hybridized carbons (Fsp3) is 0.476. The van der Waals surface area contributed by atoms with Gasteiger partial charge in [0.05, 0.1) is 0 Å². The molecule has 1 aromatic carbocycles. The maximum Gasteiger partial charge on any atom is 0.303 e. The number of aliphatic hydroxyl groups excluding tert-OH is 1. The molecule has 1 heterocycles. The van der Waals surface area contributed by atoms with Crippen LogP contribution in [-0.4, -0.2) is 45.5 Å². The fourth-order valence-electron chi connectivity index (χ4n) is 3.27. The summed E-state index contributed by atoms with van der Waals surface area (Å²) < 4.78 is 0. The topological polar surface area (TPSA) is 121 Å². The fourth-order valence-corrected chi connectivity index (χ4v) is 3.27. The molecule has 4 N–H and O–H groups in total. The van der Waals surface area contributed by atoms with Gasteiger partial charge in [0.15, 0.2) is 0 Å². The third-order valence-electron chi connectivity index (χ3n) is 4.76. The number of fused-ring (bicyclic) bond motifs is 1. The molecule has 0 aliphatic carbocycles. The zero-order chi connectivity index (χ0) is 20.5. The van der Waals surface area contributed by atoms with Gasteiger partial charge in [0.1, 0.15) is 6.04 Å². The molecule has 0 fully saturated rings. The highest BCUT2D eigenvalue weighted by Crippen LogP contribution is 2.28. The Morgan fingerprint density at radius 3 is 2.64 bits per heavy atom. The largest absolute Gasteiger partial charge is 0.481 e. The number of rotatable bonds is 10. The van der Waals surface area contributed by atoms with Crippen LogP contribution in [0.1, 0.15) is 66.4 Å². The predicted molar refractivity (Wildman–Crippen MR) is 103 cm³/mol. The van der Waals surface area contributed by atoms with E-state index in [0.29, 0.717) is 5.56 Å². The number of primary amides is 1. The highest BCUT2D eigenvalue weighted by Gasteiger charge is 2.36. The van der Waals surface area contributed by atoms with Crippen molar-refractivity contribution in [1.29, 1.82) is 0 Å². The Balaban J connectivity index is 2.09. The summed E-state index contributed by atoms with van der Waals surface area (Å²) in [6.45, 7) is 0.411. The van der Waals surface area contributed by atoms with E-state index >= 15 is 0 Å². The molecule has 0 spiro atoms. The van der Waals surface area contributed by atoms with E-state index in [2.05, 4.69) is 11.8 Å². The van der Waals surface area contributed by atoms with Gasteiger partial charge in [0.2, 0.25) is 5.91 Å². The van der Waals surface area contributed by atoms with Crippen molar-refractivity contribution in [3.63, 3.8) is 0 Å². The van der Waals surface area contributed by atoms with Crippen molar-refractivity contribution in [3.05, 3.63) is 34.9 Å². The number of amides is 2. The van der Waals surface area contributed by atoms with Gasteiger partial charge in [-0.05, 0) is 37.0 Å². The lowest BCUT2D eigenvalue weighted by Gasteiger charge is -2.24. The first kappa shape index (κ1) is 21.5. The molecule has 150 valence electrons. The van der Waals surface area contributed by atoms with E-state index in [9.17, 15) is 14.4 Å². The number of aliphatic carboxylic acids is 1. The molecule has 0 aromatic heterocycles. The molecule has 0 radical (unpaired) electrons. The van der Waals surface area contributed by atoms with E-state index in [1.807, 2.05) is 6.07 Å². The lowest BCUT2D eigenvalue weighted by Crippen LogP contribution is -2.45. The SMILES string of the molecule is NC(=O)C(CCC(=O)O)N1Cc2c(C#CCCCCCCO)cccc2C1=O. The molecule has 28 heavy (non-hydrogen) atoms. The monoisotopic (exact) mass is 386 g/mol. The van der Waals surface area contributed by atoms with Crippen molar-refractivity contribution in [2.24, 2.45) is 5.73 Å². The van der Waals surface area contributed by atoms with E-state index in [0.717, 1.165) is 43.2 Å². The number of benzene rings is 1. The van der Waals surface area contributed by atoms with Crippen LogP contribution in [0.25, 0.3) is 0 Å². The minimum atomic E-state index is -1.04. The normalized spacial score (nSPS) is 13.6. The van der Waals surface area contributed by atoms with E-state index < -0.39 is 17.9 Å². The molecule has 2 amide bonds. The Hall–Kier alpha value is -2.85. The average Bonchev–Trinajstić information content (AvgIpc) is 2.98. The first-order valence-electron chi connectivity index (χ1n) is 9.49. The summed E-state index contributed by atoms with van der Waals surface area (Å²) in [4.78, 5) is 36.7. The van der Waals surface area contributed by atoms with Gasteiger partial charge in [0.25, 0.3) is 5.91 Å². The maximum atomic E-state index is 12.7. The third-order valence-corrected chi connectivity index (χ3v) is 4.76. The molecular formula is C21H26N2O5. The summed E-state index contributed by atoms with van der Waals surface area (Å²) in [7, 11) is 0. The van der Waals surface area contributed by atoms with Crippen LogP contribution >= 0.6 is 0 Å². The number of nitrogens with two attached hydrogens (primary N) is 1. The molecule has 0 saturated heterocycles. The number of hydrogen-bond donors (Lipinski definition) is 3. The van der Waals surface area contributed by atoms with Crippen LogP contribution in [0.2, 0.25) is 0 Å². The van der Waals surface area contributed by atoms with Crippen LogP contribution in [0.3, 0.4) is 0 Å². The number of carbonyl (C=O) groups is 3. The second kappa shape index (κ2) is 10.5. The first-order chi connectivity index (χ1) is 13.5. The molecule has 1 aliphatic heterocycles. The van der Waals surface area contributed by atoms with Gasteiger partial charge >= 0.3 is 5.97 Å². The van der Waals surface area contributed by atoms with E-state index in [-0.39, 0.29) is 31.9 Å².